The second-order valence-electron chi connectivity index (χ2n) is 7.54. The molecule has 3 rings (SSSR count). The van der Waals surface area contributed by atoms with E-state index in [4.69, 9.17) is 5.14 Å². The highest BCUT2D eigenvalue weighted by atomic mass is 32.2. The number of rotatable bonds is 5. The van der Waals surface area contributed by atoms with Gasteiger partial charge in [0.1, 0.15) is 5.82 Å². The molecular formula is C20H23FN2O3S. The van der Waals surface area contributed by atoms with E-state index in [-0.39, 0.29) is 28.1 Å². The number of carbonyl (C=O) groups is 1. The Labute approximate surface area is 158 Å². The van der Waals surface area contributed by atoms with Gasteiger partial charge in [0.2, 0.25) is 15.9 Å². The third-order valence-electron chi connectivity index (χ3n) is 5.39. The average Bonchev–Trinajstić information content (AvgIpc) is 3.17. The van der Waals surface area contributed by atoms with Crippen molar-refractivity contribution in [3.63, 3.8) is 0 Å². The van der Waals surface area contributed by atoms with Gasteiger partial charge in [0.15, 0.2) is 0 Å². The van der Waals surface area contributed by atoms with Crippen LogP contribution < -0.4 is 10.5 Å². The number of amides is 1. The summed E-state index contributed by atoms with van der Waals surface area (Å²) < 4.78 is 36.4. The van der Waals surface area contributed by atoms with E-state index in [9.17, 15) is 17.6 Å². The molecule has 1 amide bonds. The largest absolute Gasteiger partial charge is 0.325 e. The van der Waals surface area contributed by atoms with Crippen LogP contribution in [0.5, 0.6) is 0 Å². The number of benzene rings is 2. The first-order valence-corrected chi connectivity index (χ1v) is 10.3. The van der Waals surface area contributed by atoms with Crippen LogP contribution in [-0.4, -0.2) is 14.3 Å². The third-order valence-corrected chi connectivity index (χ3v) is 6.32. The van der Waals surface area contributed by atoms with Gasteiger partial charge in [-0.05, 0) is 47.2 Å². The zero-order valence-corrected chi connectivity index (χ0v) is 16.3. The molecule has 2 atom stereocenters. The van der Waals surface area contributed by atoms with Crippen molar-refractivity contribution in [1.29, 1.82) is 0 Å². The number of nitrogens with one attached hydrogen (secondary N) is 1. The fraction of sp³-hybridized carbons (Fsp3) is 0.350. The number of halogens is 1. The molecule has 1 aliphatic carbocycles. The molecule has 5 nitrogen and oxygen atoms in total. The van der Waals surface area contributed by atoms with Crippen LogP contribution in [0.25, 0.3) is 0 Å². The van der Waals surface area contributed by atoms with E-state index in [0.29, 0.717) is 12.1 Å². The van der Waals surface area contributed by atoms with Gasteiger partial charge in [-0.15, -0.1) is 0 Å². The highest BCUT2D eigenvalue weighted by Gasteiger charge is 2.62. The monoisotopic (exact) mass is 390 g/mol. The van der Waals surface area contributed by atoms with Gasteiger partial charge in [0.25, 0.3) is 0 Å². The summed E-state index contributed by atoms with van der Waals surface area (Å²) in [6, 6.07) is 10.7. The average molecular weight is 390 g/mol. The molecule has 144 valence electrons. The molecule has 0 saturated heterocycles. The lowest BCUT2D eigenvalue weighted by atomic mass is 10.0. The van der Waals surface area contributed by atoms with Gasteiger partial charge in [-0.3, -0.25) is 4.79 Å². The van der Waals surface area contributed by atoms with Crippen LogP contribution in [0.4, 0.5) is 10.1 Å². The molecule has 1 fully saturated rings. The lowest BCUT2D eigenvalue weighted by Crippen LogP contribution is -2.18. The van der Waals surface area contributed by atoms with Crippen LogP contribution in [0, 0.1) is 17.2 Å². The first kappa shape index (κ1) is 19.5. The van der Waals surface area contributed by atoms with E-state index >= 15 is 0 Å². The molecule has 0 spiro atoms. The van der Waals surface area contributed by atoms with E-state index in [1.807, 2.05) is 20.8 Å². The molecule has 2 aromatic carbocycles. The molecule has 27 heavy (non-hydrogen) atoms. The van der Waals surface area contributed by atoms with Crippen LogP contribution in [0.1, 0.15) is 37.8 Å². The molecule has 0 heterocycles. The molecular weight excluding hydrogens is 367 g/mol. The Bertz CT molecular complexity index is 985. The molecule has 0 radical (unpaired) electrons. The van der Waals surface area contributed by atoms with Gasteiger partial charge in [-0.1, -0.05) is 39.0 Å². The summed E-state index contributed by atoms with van der Waals surface area (Å²) in [5.74, 6) is -0.898. The Kier molecular flexibility index (Phi) is 4.86. The van der Waals surface area contributed by atoms with Gasteiger partial charge in [-0.25, -0.2) is 17.9 Å². The highest BCUT2D eigenvalue weighted by Crippen LogP contribution is 2.64. The summed E-state index contributed by atoms with van der Waals surface area (Å²) in [4.78, 5) is 12.9. The van der Waals surface area contributed by atoms with Crippen molar-refractivity contribution in [2.45, 2.75) is 38.0 Å². The lowest BCUT2D eigenvalue weighted by molar-refractivity contribution is -0.118. The molecule has 0 unspecified atom stereocenters. The topological polar surface area (TPSA) is 89.3 Å². The maximum atomic E-state index is 13.6. The van der Waals surface area contributed by atoms with Crippen molar-refractivity contribution in [2.75, 3.05) is 5.32 Å². The molecule has 0 aromatic heterocycles. The predicted octanol–water partition coefficient (Wildman–Crippen LogP) is 3.41. The normalized spacial score (nSPS) is 20.9. The van der Waals surface area contributed by atoms with Gasteiger partial charge in [-0.2, -0.15) is 0 Å². The van der Waals surface area contributed by atoms with Gasteiger partial charge in [0.05, 0.1) is 10.8 Å². The molecule has 1 aliphatic rings. The third kappa shape index (κ3) is 3.75. The Morgan fingerprint density at radius 2 is 1.81 bits per heavy atom. The number of anilines is 1. The maximum absolute atomic E-state index is 13.6. The standard InChI is InChI=1S/C20H23FN2O3S/c1-4-12-5-8-14(21)11-16(12)23-19(24)18-17(20(18,2)3)13-6-9-15(10-7-13)27(22,25)26/h5-11,17-18H,4H2,1-3H3,(H,23,24)(H2,22,25,26)/t17-,18+/m0/s1. The maximum Gasteiger partial charge on any atom is 0.238 e. The Morgan fingerprint density at radius 3 is 2.37 bits per heavy atom. The van der Waals surface area contributed by atoms with Crippen molar-refractivity contribution in [3.8, 4) is 0 Å². The predicted molar refractivity (Wildman–Crippen MR) is 102 cm³/mol. The summed E-state index contributed by atoms with van der Waals surface area (Å²) in [6.07, 6.45) is 0.683. The number of aryl methyl sites for hydroxylation is 1. The minimum absolute atomic E-state index is 0.0399. The quantitative estimate of drug-likeness (QED) is 0.820. The molecule has 0 aliphatic heterocycles. The zero-order chi connectivity index (χ0) is 20.0. The SMILES string of the molecule is CCc1ccc(F)cc1NC(=O)[C@H]1[C@H](c2ccc(S(N)(=O)=O)cc2)C1(C)C. The van der Waals surface area contributed by atoms with Crippen LogP contribution >= 0.6 is 0 Å². The molecule has 0 bridgehead atoms. The first-order valence-electron chi connectivity index (χ1n) is 8.77. The van der Waals surface area contributed by atoms with E-state index in [0.717, 1.165) is 11.1 Å². The Morgan fingerprint density at radius 1 is 1.19 bits per heavy atom. The molecule has 2 aromatic rings. The number of carbonyl (C=O) groups excluding carboxylic acids is 1. The van der Waals surface area contributed by atoms with Gasteiger partial charge < -0.3 is 5.32 Å². The Hall–Kier alpha value is -2.25. The summed E-state index contributed by atoms with van der Waals surface area (Å²) in [7, 11) is -3.75. The molecule has 3 N–H and O–H groups in total. The summed E-state index contributed by atoms with van der Waals surface area (Å²) in [5, 5.41) is 7.99. The second-order valence-corrected chi connectivity index (χ2v) is 9.10. The highest BCUT2D eigenvalue weighted by molar-refractivity contribution is 7.89. The van der Waals surface area contributed by atoms with E-state index in [1.54, 1.807) is 18.2 Å². The van der Waals surface area contributed by atoms with E-state index in [2.05, 4.69) is 5.32 Å². The fourth-order valence-corrected chi connectivity index (χ4v) is 4.31. The van der Waals surface area contributed by atoms with Gasteiger partial charge in [0, 0.05) is 11.6 Å². The molecule has 7 heteroatoms. The smallest absolute Gasteiger partial charge is 0.238 e. The number of sulfonamides is 1. The van der Waals surface area contributed by atoms with Crippen molar-refractivity contribution < 1.29 is 17.6 Å². The number of hydrogen-bond donors (Lipinski definition) is 2. The Balaban J connectivity index is 1.81. The van der Waals surface area contributed by atoms with Crippen molar-refractivity contribution in [1.82, 2.24) is 0 Å². The van der Waals surface area contributed by atoms with Gasteiger partial charge >= 0.3 is 0 Å². The number of primary sulfonamides is 1. The zero-order valence-electron chi connectivity index (χ0n) is 15.5. The minimum atomic E-state index is -3.75. The van der Waals surface area contributed by atoms with Crippen LogP contribution in [0.2, 0.25) is 0 Å². The number of nitrogens with two attached hydrogens (primary N) is 1. The molecule has 1 saturated carbocycles. The van der Waals surface area contributed by atoms with Crippen molar-refractivity contribution in [2.24, 2.45) is 16.5 Å². The van der Waals surface area contributed by atoms with Crippen molar-refractivity contribution in [3.05, 3.63) is 59.4 Å². The second kappa shape index (κ2) is 6.73. The van der Waals surface area contributed by atoms with Crippen LogP contribution in [0.3, 0.4) is 0 Å². The van der Waals surface area contributed by atoms with E-state index in [1.165, 1.54) is 24.3 Å². The first-order chi connectivity index (χ1) is 12.6. The fourth-order valence-electron chi connectivity index (χ4n) is 3.80. The van der Waals surface area contributed by atoms with Crippen LogP contribution in [0.15, 0.2) is 47.4 Å². The van der Waals surface area contributed by atoms with Crippen LogP contribution in [-0.2, 0) is 21.2 Å². The number of hydrogen-bond acceptors (Lipinski definition) is 3. The van der Waals surface area contributed by atoms with Crippen molar-refractivity contribution >= 4 is 21.6 Å². The summed E-state index contributed by atoms with van der Waals surface area (Å²) in [5.41, 5.74) is 1.96. The van der Waals surface area contributed by atoms with E-state index < -0.39 is 15.8 Å². The summed E-state index contributed by atoms with van der Waals surface area (Å²) in [6.45, 7) is 5.92. The minimum Gasteiger partial charge on any atom is -0.325 e. The lowest BCUT2D eigenvalue weighted by Gasteiger charge is -2.10. The summed E-state index contributed by atoms with van der Waals surface area (Å²) >= 11 is 0.